The van der Waals surface area contributed by atoms with Crippen LogP contribution in [0.3, 0.4) is 0 Å². The van der Waals surface area contributed by atoms with Crippen molar-refractivity contribution in [2.75, 3.05) is 11.9 Å². The van der Waals surface area contributed by atoms with Crippen LogP contribution in [0.25, 0.3) is 0 Å². The Morgan fingerprint density at radius 3 is 2.74 bits per heavy atom. The second kappa shape index (κ2) is 6.54. The van der Waals surface area contributed by atoms with E-state index in [1.54, 1.807) is 12.4 Å². The van der Waals surface area contributed by atoms with Crippen molar-refractivity contribution >= 4 is 11.6 Å². The molecule has 19 heavy (non-hydrogen) atoms. The fourth-order valence-electron chi connectivity index (χ4n) is 1.74. The fraction of sp³-hybridized carbons (Fsp3) is 0.200. The average Bonchev–Trinajstić information content (AvgIpc) is 2.47. The predicted molar refractivity (Wildman–Crippen MR) is 76.0 cm³/mol. The van der Waals surface area contributed by atoms with Gasteiger partial charge in [-0.05, 0) is 42.8 Å². The zero-order valence-electron chi connectivity index (χ0n) is 10.9. The number of amides is 1. The van der Waals surface area contributed by atoms with Gasteiger partial charge in [0, 0.05) is 36.7 Å². The Morgan fingerprint density at radius 2 is 2.00 bits per heavy atom. The summed E-state index contributed by atoms with van der Waals surface area (Å²) in [4.78, 5) is 15.7. The number of aromatic nitrogens is 1. The number of benzene rings is 1. The fourth-order valence-corrected chi connectivity index (χ4v) is 1.74. The lowest BCUT2D eigenvalue weighted by Gasteiger charge is -2.08. The normalized spacial score (nSPS) is 9.95. The summed E-state index contributed by atoms with van der Waals surface area (Å²) in [6.45, 7) is 3.25. The highest BCUT2D eigenvalue weighted by atomic mass is 16.1. The number of hydrogen-bond donors (Lipinski definition) is 2. The maximum absolute atomic E-state index is 11.7. The molecule has 2 aromatic rings. The average molecular weight is 255 g/mol. The molecule has 0 saturated heterocycles. The Balaban J connectivity index is 2.01. The Kier molecular flexibility index (Phi) is 4.50. The van der Waals surface area contributed by atoms with Crippen molar-refractivity contribution < 1.29 is 4.79 Å². The van der Waals surface area contributed by atoms with Crippen molar-refractivity contribution in [2.24, 2.45) is 0 Å². The molecule has 2 rings (SSSR count). The lowest BCUT2D eigenvalue weighted by molar-refractivity contribution is 0.0956. The molecule has 0 bridgehead atoms. The van der Waals surface area contributed by atoms with E-state index in [2.05, 4.69) is 15.6 Å². The second-order valence-corrected chi connectivity index (χ2v) is 4.15. The van der Waals surface area contributed by atoms with Crippen LogP contribution in [0.2, 0.25) is 0 Å². The molecule has 1 heterocycles. The van der Waals surface area contributed by atoms with E-state index >= 15 is 0 Å². The van der Waals surface area contributed by atoms with Gasteiger partial charge in [0.2, 0.25) is 0 Å². The highest BCUT2D eigenvalue weighted by Crippen LogP contribution is 2.12. The summed E-state index contributed by atoms with van der Waals surface area (Å²) >= 11 is 0. The third kappa shape index (κ3) is 3.81. The maximum atomic E-state index is 11.7. The van der Waals surface area contributed by atoms with Gasteiger partial charge in [-0.3, -0.25) is 9.78 Å². The number of anilines is 1. The molecule has 0 spiro atoms. The van der Waals surface area contributed by atoms with Crippen LogP contribution in [0.4, 0.5) is 5.69 Å². The smallest absolute Gasteiger partial charge is 0.251 e. The molecule has 1 aromatic carbocycles. The molecule has 0 aliphatic carbocycles. The maximum Gasteiger partial charge on any atom is 0.251 e. The molecule has 98 valence electrons. The standard InChI is InChI=1S/C15H17N3O/c1-2-17-15(19)13-4-3-5-14(10-13)18-11-12-6-8-16-9-7-12/h3-10,18H,2,11H2,1H3,(H,17,19). The van der Waals surface area contributed by atoms with Crippen molar-refractivity contribution in [3.05, 3.63) is 59.9 Å². The summed E-state index contributed by atoms with van der Waals surface area (Å²) in [6, 6.07) is 11.4. The van der Waals surface area contributed by atoms with Gasteiger partial charge in [-0.15, -0.1) is 0 Å². The van der Waals surface area contributed by atoms with Crippen LogP contribution in [0.5, 0.6) is 0 Å². The third-order valence-corrected chi connectivity index (χ3v) is 2.71. The first-order chi connectivity index (χ1) is 9.29. The largest absolute Gasteiger partial charge is 0.381 e. The molecule has 2 N–H and O–H groups in total. The van der Waals surface area contributed by atoms with Gasteiger partial charge in [-0.2, -0.15) is 0 Å². The van der Waals surface area contributed by atoms with E-state index in [9.17, 15) is 4.79 Å². The van der Waals surface area contributed by atoms with Crippen LogP contribution in [-0.2, 0) is 6.54 Å². The van der Waals surface area contributed by atoms with E-state index in [1.165, 1.54) is 0 Å². The minimum absolute atomic E-state index is 0.0462. The quantitative estimate of drug-likeness (QED) is 0.862. The molecule has 1 amide bonds. The Labute approximate surface area is 112 Å². The second-order valence-electron chi connectivity index (χ2n) is 4.15. The van der Waals surface area contributed by atoms with E-state index in [1.807, 2.05) is 43.3 Å². The molecule has 0 aliphatic rings. The highest BCUT2D eigenvalue weighted by Gasteiger charge is 2.04. The van der Waals surface area contributed by atoms with Gasteiger partial charge in [-0.1, -0.05) is 6.07 Å². The lowest BCUT2D eigenvalue weighted by atomic mass is 10.2. The first kappa shape index (κ1) is 13.1. The molecule has 0 unspecified atom stereocenters. The van der Waals surface area contributed by atoms with E-state index in [-0.39, 0.29) is 5.91 Å². The summed E-state index contributed by atoms with van der Waals surface area (Å²) in [7, 11) is 0. The van der Waals surface area contributed by atoms with Crippen LogP contribution in [0.15, 0.2) is 48.8 Å². The van der Waals surface area contributed by atoms with E-state index < -0.39 is 0 Å². The summed E-state index contributed by atoms with van der Waals surface area (Å²) in [5.74, 6) is -0.0462. The van der Waals surface area contributed by atoms with Crippen LogP contribution >= 0.6 is 0 Å². The van der Waals surface area contributed by atoms with Crippen molar-refractivity contribution in [3.8, 4) is 0 Å². The first-order valence-electron chi connectivity index (χ1n) is 6.30. The Bertz CT molecular complexity index is 540. The van der Waals surface area contributed by atoms with Gasteiger partial charge in [0.05, 0.1) is 0 Å². The zero-order valence-corrected chi connectivity index (χ0v) is 10.9. The van der Waals surface area contributed by atoms with Gasteiger partial charge in [0.1, 0.15) is 0 Å². The van der Waals surface area contributed by atoms with Gasteiger partial charge in [0.15, 0.2) is 0 Å². The van der Waals surface area contributed by atoms with Crippen LogP contribution in [-0.4, -0.2) is 17.4 Å². The van der Waals surface area contributed by atoms with Gasteiger partial charge < -0.3 is 10.6 Å². The third-order valence-electron chi connectivity index (χ3n) is 2.71. The molecule has 0 saturated carbocycles. The number of rotatable bonds is 5. The summed E-state index contributed by atoms with van der Waals surface area (Å²) in [5, 5.41) is 6.08. The summed E-state index contributed by atoms with van der Waals surface area (Å²) in [6.07, 6.45) is 3.53. The number of nitrogens with one attached hydrogen (secondary N) is 2. The minimum Gasteiger partial charge on any atom is -0.381 e. The zero-order chi connectivity index (χ0) is 13.5. The Morgan fingerprint density at radius 1 is 1.21 bits per heavy atom. The van der Waals surface area contributed by atoms with Crippen molar-refractivity contribution in [1.82, 2.24) is 10.3 Å². The molecular formula is C15H17N3O. The van der Waals surface area contributed by atoms with Crippen LogP contribution in [0.1, 0.15) is 22.8 Å². The van der Waals surface area contributed by atoms with Crippen LogP contribution < -0.4 is 10.6 Å². The topological polar surface area (TPSA) is 54.0 Å². The van der Waals surface area contributed by atoms with Crippen molar-refractivity contribution in [1.29, 1.82) is 0 Å². The van der Waals surface area contributed by atoms with Gasteiger partial charge >= 0.3 is 0 Å². The van der Waals surface area contributed by atoms with Gasteiger partial charge in [0.25, 0.3) is 5.91 Å². The van der Waals surface area contributed by atoms with Crippen molar-refractivity contribution in [3.63, 3.8) is 0 Å². The van der Waals surface area contributed by atoms with E-state index in [0.29, 0.717) is 18.7 Å². The molecule has 0 atom stereocenters. The molecule has 0 aliphatic heterocycles. The monoisotopic (exact) mass is 255 g/mol. The number of pyridine rings is 1. The lowest BCUT2D eigenvalue weighted by Crippen LogP contribution is -2.22. The SMILES string of the molecule is CCNC(=O)c1cccc(NCc2ccncc2)c1. The summed E-state index contributed by atoms with van der Waals surface area (Å²) < 4.78 is 0. The number of nitrogens with zero attached hydrogens (tertiary/aromatic N) is 1. The van der Waals surface area contributed by atoms with Crippen LogP contribution in [0, 0.1) is 0 Å². The molecule has 0 radical (unpaired) electrons. The van der Waals surface area contributed by atoms with Gasteiger partial charge in [-0.25, -0.2) is 0 Å². The number of hydrogen-bond acceptors (Lipinski definition) is 3. The van der Waals surface area contributed by atoms with Crippen molar-refractivity contribution in [2.45, 2.75) is 13.5 Å². The molecule has 1 aromatic heterocycles. The number of carbonyl (C=O) groups is 1. The van der Waals surface area contributed by atoms with E-state index in [4.69, 9.17) is 0 Å². The number of carbonyl (C=O) groups excluding carboxylic acids is 1. The van der Waals surface area contributed by atoms with E-state index in [0.717, 1.165) is 11.3 Å². The minimum atomic E-state index is -0.0462. The Hall–Kier alpha value is -2.36. The predicted octanol–water partition coefficient (Wildman–Crippen LogP) is 2.44. The molecule has 4 heteroatoms. The first-order valence-corrected chi connectivity index (χ1v) is 6.30. The molecular weight excluding hydrogens is 238 g/mol. The summed E-state index contributed by atoms with van der Waals surface area (Å²) in [5.41, 5.74) is 2.75. The highest BCUT2D eigenvalue weighted by molar-refractivity contribution is 5.95. The molecule has 4 nitrogen and oxygen atoms in total. The molecule has 0 fully saturated rings.